The van der Waals surface area contributed by atoms with E-state index in [1.165, 1.54) is 11.8 Å². The molecule has 0 aliphatic heterocycles. The van der Waals surface area contributed by atoms with Crippen molar-refractivity contribution in [2.75, 3.05) is 18.2 Å². The van der Waals surface area contributed by atoms with Crippen molar-refractivity contribution in [3.8, 4) is 5.75 Å². The number of benzene rings is 2. The predicted molar refractivity (Wildman–Crippen MR) is 125 cm³/mol. The number of halogens is 1. The molecule has 1 atom stereocenters. The highest BCUT2D eigenvalue weighted by molar-refractivity contribution is 7.99. The van der Waals surface area contributed by atoms with Crippen LogP contribution in [0.15, 0.2) is 53.7 Å². The number of carbonyl (C=O) groups excluding carboxylic acids is 2. The lowest BCUT2D eigenvalue weighted by Crippen LogP contribution is -2.28. The van der Waals surface area contributed by atoms with E-state index in [1.807, 2.05) is 18.4 Å². The molecule has 0 bridgehead atoms. The second-order valence-corrected chi connectivity index (χ2v) is 8.18. The van der Waals surface area contributed by atoms with Crippen LogP contribution in [-0.4, -0.2) is 39.4 Å². The summed E-state index contributed by atoms with van der Waals surface area (Å²) in [7, 11) is 1.57. The first-order valence-corrected chi connectivity index (χ1v) is 11.3. The summed E-state index contributed by atoms with van der Waals surface area (Å²) < 4.78 is 7.00. The Hall–Kier alpha value is -3.04. The minimum absolute atomic E-state index is 0.149. The quantitative estimate of drug-likeness (QED) is 0.452. The van der Waals surface area contributed by atoms with Gasteiger partial charge in [-0.05, 0) is 50.2 Å². The van der Waals surface area contributed by atoms with Crippen LogP contribution >= 0.6 is 23.4 Å². The van der Waals surface area contributed by atoms with Crippen LogP contribution in [0, 0.1) is 0 Å². The van der Waals surface area contributed by atoms with E-state index >= 15 is 0 Å². The van der Waals surface area contributed by atoms with Gasteiger partial charge in [0.15, 0.2) is 11.0 Å². The monoisotopic (exact) mass is 473 g/mol. The Morgan fingerprint density at radius 2 is 1.88 bits per heavy atom. The zero-order valence-corrected chi connectivity index (χ0v) is 19.5. The van der Waals surface area contributed by atoms with E-state index in [9.17, 15) is 9.59 Å². The fourth-order valence-electron chi connectivity index (χ4n) is 2.99. The molecule has 2 amide bonds. The van der Waals surface area contributed by atoms with E-state index in [-0.39, 0.29) is 23.6 Å². The number of thioether (sulfide) groups is 1. The first-order valence-electron chi connectivity index (χ1n) is 9.98. The van der Waals surface area contributed by atoms with Gasteiger partial charge >= 0.3 is 0 Å². The van der Waals surface area contributed by atoms with Gasteiger partial charge in [-0.2, -0.15) is 0 Å². The van der Waals surface area contributed by atoms with Gasteiger partial charge in [0.1, 0.15) is 5.75 Å². The SMILES string of the molecule is CCn1c(SCC(=O)Nc2ccccc2Cl)nnc1[C@@H](C)NC(=O)c1ccc(OC)cc1. The number of anilines is 1. The summed E-state index contributed by atoms with van der Waals surface area (Å²) in [5.74, 6) is 1.02. The molecule has 1 aromatic heterocycles. The Bertz CT molecular complexity index is 1090. The lowest BCUT2D eigenvalue weighted by atomic mass is 10.2. The summed E-state index contributed by atoms with van der Waals surface area (Å²) in [6.45, 7) is 4.40. The molecule has 0 unspecified atom stereocenters. The highest BCUT2D eigenvalue weighted by Crippen LogP contribution is 2.23. The van der Waals surface area contributed by atoms with Crippen LogP contribution in [-0.2, 0) is 11.3 Å². The van der Waals surface area contributed by atoms with Crippen molar-refractivity contribution >= 4 is 40.9 Å². The van der Waals surface area contributed by atoms with Gasteiger partial charge in [0.05, 0.1) is 29.6 Å². The van der Waals surface area contributed by atoms with Gasteiger partial charge in [-0.1, -0.05) is 35.5 Å². The Morgan fingerprint density at radius 3 is 2.53 bits per heavy atom. The average Bonchev–Trinajstić information content (AvgIpc) is 3.22. The van der Waals surface area contributed by atoms with Crippen molar-refractivity contribution in [1.82, 2.24) is 20.1 Å². The van der Waals surface area contributed by atoms with Crippen LogP contribution < -0.4 is 15.4 Å². The Balaban J connectivity index is 1.62. The van der Waals surface area contributed by atoms with Crippen LogP contribution in [0.25, 0.3) is 0 Å². The van der Waals surface area contributed by atoms with E-state index in [0.29, 0.717) is 39.5 Å². The van der Waals surface area contributed by atoms with Gasteiger partial charge in [-0.25, -0.2) is 0 Å². The number of hydrogen-bond donors (Lipinski definition) is 2. The Morgan fingerprint density at radius 1 is 1.16 bits per heavy atom. The van der Waals surface area contributed by atoms with Gasteiger partial charge in [-0.15, -0.1) is 10.2 Å². The summed E-state index contributed by atoms with van der Waals surface area (Å²) in [6, 6.07) is 13.5. The lowest BCUT2D eigenvalue weighted by molar-refractivity contribution is -0.113. The molecule has 0 aliphatic rings. The second kappa shape index (κ2) is 11.0. The molecule has 0 saturated heterocycles. The molecule has 2 N–H and O–H groups in total. The molecule has 1 heterocycles. The van der Waals surface area contributed by atoms with Gasteiger partial charge in [0.25, 0.3) is 5.91 Å². The fourth-order valence-corrected chi connectivity index (χ4v) is 3.98. The first kappa shape index (κ1) is 23.6. The third-order valence-electron chi connectivity index (χ3n) is 4.63. The zero-order valence-electron chi connectivity index (χ0n) is 18.0. The summed E-state index contributed by atoms with van der Waals surface area (Å²) >= 11 is 7.35. The van der Waals surface area contributed by atoms with Crippen LogP contribution in [0.4, 0.5) is 5.69 Å². The topological polar surface area (TPSA) is 98.1 Å². The third-order valence-corrected chi connectivity index (χ3v) is 5.93. The number of nitrogens with zero attached hydrogens (tertiary/aromatic N) is 3. The van der Waals surface area contributed by atoms with Crippen molar-refractivity contribution in [1.29, 1.82) is 0 Å². The van der Waals surface area contributed by atoms with E-state index in [1.54, 1.807) is 55.6 Å². The van der Waals surface area contributed by atoms with Crippen molar-refractivity contribution in [3.05, 3.63) is 64.9 Å². The molecule has 0 radical (unpaired) electrons. The molecule has 0 spiro atoms. The second-order valence-electron chi connectivity index (χ2n) is 6.83. The van der Waals surface area contributed by atoms with Crippen LogP contribution in [0.3, 0.4) is 0 Å². The lowest BCUT2D eigenvalue weighted by Gasteiger charge is -2.15. The number of methoxy groups -OCH3 is 1. The predicted octanol–water partition coefficient (Wildman–Crippen LogP) is 4.18. The van der Waals surface area contributed by atoms with Crippen molar-refractivity contribution in [3.63, 3.8) is 0 Å². The number of nitrogens with one attached hydrogen (secondary N) is 2. The molecule has 2 aromatic carbocycles. The third kappa shape index (κ3) is 5.80. The number of para-hydroxylation sites is 1. The molecule has 0 fully saturated rings. The summed E-state index contributed by atoms with van der Waals surface area (Å²) in [6.07, 6.45) is 0. The standard InChI is InChI=1S/C22H24ClN5O3S/c1-4-28-20(14(2)24-21(30)15-9-11-16(31-3)12-10-15)26-27-22(28)32-13-19(29)25-18-8-6-5-7-17(18)23/h5-12,14H,4,13H2,1-3H3,(H,24,30)(H,25,29)/t14-/m1/s1. The van der Waals surface area contributed by atoms with Gasteiger partial charge in [-0.3, -0.25) is 9.59 Å². The molecule has 8 nitrogen and oxygen atoms in total. The smallest absolute Gasteiger partial charge is 0.251 e. The average molecular weight is 474 g/mol. The normalized spacial score (nSPS) is 11.6. The number of aromatic nitrogens is 3. The van der Waals surface area contributed by atoms with Crippen LogP contribution in [0.5, 0.6) is 5.75 Å². The first-order chi connectivity index (χ1) is 15.4. The number of ether oxygens (including phenoxy) is 1. The highest BCUT2D eigenvalue weighted by atomic mass is 35.5. The minimum atomic E-state index is -0.372. The number of hydrogen-bond acceptors (Lipinski definition) is 6. The highest BCUT2D eigenvalue weighted by Gasteiger charge is 2.20. The van der Waals surface area contributed by atoms with E-state index < -0.39 is 0 Å². The van der Waals surface area contributed by atoms with Gasteiger partial charge in [0, 0.05) is 12.1 Å². The summed E-state index contributed by atoms with van der Waals surface area (Å²) in [5.41, 5.74) is 1.08. The molecule has 3 rings (SSSR count). The van der Waals surface area contributed by atoms with E-state index in [0.717, 1.165) is 0 Å². The maximum Gasteiger partial charge on any atom is 0.251 e. The van der Waals surface area contributed by atoms with Crippen molar-refractivity contribution in [2.45, 2.75) is 31.6 Å². The number of rotatable bonds is 9. The molecule has 168 valence electrons. The number of amides is 2. The molecule has 0 saturated carbocycles. The zero-order chi connectivity index (χ0) is 23.1. The summed E-state index contributed by atoms with van der Waals surface area (Å²) in [5, 5.41) is 15.2. The van der Waals surface area contributed by atoms with Gasteiger partial charge < -0.3 is 19.9 Å². The van der Waals surface area contributed by atoms with E-state index in [4.69, 9.17) is 16.3 Å². The van der Waals surface area contributed by atoms with Crippen LogP contribution in [0.1, 0.15) is 36.1 Å². The van der Waals surface area contributed by atoms with Crippen LogP contribution in [0.2, 0.25) is 5.02 Å². The molecular formula is C22H24ClN5O3S. The Labute approximate surface area is 195 Å². The largest absolute Gasteiger partial charge is 0.497 e. The maximum atomic E-state index is 12.6. The molecule has 0 aliphatic carbocycles. The molecule has 32 heavy (non-hydrogen) atoms. The summed E-state index contributed by atoms with van der Waals surface area (Å²) in [4.78, 5) is 24.9. The molecular weight excluding hydrogens is 450 g/mol. The number of carbonyl (C=O) groups is 2. The maximum absolute atomic E-state index is 12.6. The van der Waals surface area contributed by atoms with Crippen molar-refractivity contribution in [2.24, 2.45) is 0 Å². The van der Waals surface area contributed by atoms with Gasteiger partial charge in [0.2, 0.25) is 5.91 Å². The fraction of sp³-hybridized carbons (Fsp3) is 0.273. The minimum Gasteiger partial charge on any atom is -0.497 e. The Kier molecular flexibility index (Phi) is 8.13. The van der Waals surface area contributed by atoms with Crippen molar-refractivity contribution < 1.29 is 14.3 Å². The van der Waals surface area contributed by atoms with E-state index in [2.05, 4.69) is 20.8 Å². The molecule has 10 heteroatoms. The molecule has 3 aromatic rings.